The molecule has 0 radical (unpaired) electrons. The number of nitrogen functional groups attached to an aromatic ring is 2. The number of thioether (sulfide) groups is 1. The Balaban J connectivity index is 2.02. The maximum Gasteiger partial charge on any atom is 0.294 e. The summed E-state index contributed by atoms with van der Waals surface area (Å²) in [5, 5.41) is 2.09. The lowest BCUT2D eigenvalue weighted by atomic mass is 10.3. The zero-order valence-electron chi connectivity index (χ0n) is 9.72. The molecule has 0 saturated carbocycles. The molecule has 19 heavy (non-hydrogen) atoms. The number of rotatable bonds is 4. The number of hydrogen-bond acceptors (Lipinski definition) is 6. The molecule has 0 atom stereocenters. The Labute approximate surface area is 117 Å². The van der Waals surface area contributed by atoms with Crippen molar-refractivity contribution < 1.29 is 9.18 Å². The molecule has 0 aliphatic rings. The Hall–Kier alpha value is -1.64. The van der Waals surface area contributed by atoms with Crippen molar-refractivity contribution in [3.8, 4) is 0 Å². The monoisotopic (exact) mass is 298 g/mol. The first-order valence-corrected chi connectivity index (χ1v) is 7.10. The molecule has 0 unspecified atom stereocenters. The number of aromatic nitrogens is 1. The predicted octanol–water partition coefficient (Wildman–Crippen LogP) is 1.76. The number of halogens is 1. The zero-order chi connectivity index (χ0) is 13.8. The first-order valence-electron chi connectivity index (χ1n) is 5.23. The van der Waals surface area contributed by atoms with E-state index in [1.165, 1.54) is 35.2 Å². The second-order valence-corrected chi connectivity index (χ2v) is 5.46. The zero-order valence-corrected chi connectivity index (χ0v) is 11.4. The number of amides is 1. The second kappa shape index (κ2) is 6.00. The summed E-state index contributed by atoms with van der Waals surface area (Å²) < 4.78 is 12.9. The van der Waals surface area contributed by atoms with Crippen molar-refractivity contribution in [2.45, 2.75) is 10.6 Å². The van der Waals surface area contributed by atoms with Gasteiger partial charge >= 0.3 is 0 Å². The molecule has 5 nitrogen and oxygen atoms in total. The summed E-state index contributed by atoms with van der Waals surface area (Å²) in [6, 6.07) is 4.25. The second-order valence-electron chi connectivity index (χ2n) is 3.59. The van der Waals surface area contributed by atoms with E-state index >= 15 is 0 Å². The fourth-order valence-corrected chi connectivity index (χ4v) is 3.01. The maximum absolute atomic E-state index is 12.9. The molecular weight excluding hydrogens is 287 g/mol. The van der Waals surface area contributed by atoms with Gasteiger partial charge in [0.25, 0.3) is 5.91 Å². The Bertz CT molecular complexity index is 602. The van der Waals surface area contributed by atoms with Crippen molar-refractivity contribution in [2.75, 3.05) is 5.73 Å². The molecule has 1 aromatic heterocycles. The van der Waals surface area contributed by atoms with E-state index in [0.717, 1.165) is 10.6 Å². The minimum absolute atomic E-state index is 0.310. The highest BCUT2D eigenvalue weighted by atomic mass is 32.2. The quantitative estimate of drug-likeness (QED) is 0.263. The molecule has 1 heterocycles. The number of thiazole rings is 1. The number of nitrogens with two attached hydrogens (primary N) is 2. The molecule has 2 rings (SSSR count). The smallest absolute Gasteiger partial charge is 0.294 e. The number of benzene rings is 1. The van der Waals surface area contributed by atoms with Gasteiger partial charge in [-0.3, -0.25) is 10.2 Å². The van der Waals surface area contributed by atoms with E-state index in [0.29, 0.717) is 16.4 Å². The van der Waals surface area contributed by atoms with Gasteiger partial charge in [-0.2, -0.15) is 0 Å². The number of nitrogens with one attached hydrogen (secondary N) is 1. The fraction of sp³-hybridized carbons (Fsp3) is 0.0909. The number of carbonyl (C=O) groups excluding carboxylic acids is 1. The van der Waals surface area contributed by atoms with E-state index in [1.807, 2.05) is 5.43 Å². The van der Waals surface area contributed by atoms with E-state index in [1.54, 1.807) is 11.4 Å². The van der Waals surface area contributed by atoms with Gasteiger partial charge in [0.05, 0.1) is 5.69 Å². The van der Waals surface area contributed by atoms with Gasteiger partial charge < -0.3 is 5.73 Å². The molecule has 0 aliphatic heterocycles. The van der Waals surface area contributed by atoms with Gasteiger partial charge in [0, 0.05) is 21.7 Å². The number of nitrogens with zero attached hydrogens (tertiary/aromatic N) is 1. The Kier molecular flexibility index (Phi) is 4.35. The minimum Gasteiger partial charge on any atom is -0.398 e. The van der Waals surface area contributed by atoms with Crippen molar-refractivity contribution in [3.63, 3.8) is 0 Å². The van der Waals surface area contributed by atoms with Crippen LogP contribution in [0.1, 0.15) is 15.5 Å². The average molecular weight is 298 g/mol. The Morgan fingerprint density at radius 3 is 3.00 bits per heavy atom. The van der Waals surface area contributed by atoms with Crippen LogP contribution in [0.25, 0.3) is 0 Å². The largest absolute Gasteiger partial charge is 0.398 e. The van der Waals surface area contributed by atoms with Crippen LogP contribution in [-0.2, 0) is 5.75 Å². The summed E-state index contributed by atoms with van der Waals surface area (Å²) in [5.41, 5.74) is 8.86. The molecule has 0 spiro atoms. The first-order chi connectivity index (χ1) is 9.10. The lowest BCUT2D eigenvalue weighted by molar-refractivity contribution is 0.0953. The number of hydrazine groups is 1. The maximum atomic E-state index is 12.9. The van der Waals surface area contributed by atoms with E-state index in [-0.39, 0.29) is 5.82 Å². The number of anilines is 1. The van der Waals surface area contributed by atoms with Crippen LogP contribution in [0.2, 0.25) is 0 Å². The summed E-state index contributed by atoms with van der Waals surface area (Å²) in [6.45, 7) is 0. The number of hydrogen-bond donors (Lipinski definition) is 3. The predicted molar refractivity (Wildman–Crippen MR) is 74.1 cm³/mol. The van der Waals surface area contributed by atoms with E-state index in [4.69, 9.17) is 11.6 Å². The van der Waals surface area contributed by atoms with Crippen molar-refractivity contribution in [1.82, 2.24) is 10.4 Å². The summed E-state index contributed by atoms with van der Waals surface area (Å²) in [5.74, 6) is 4.79. The third kappa shape index (κ3) is 3.43. The van der Waals surface area contributed by atoms with Crippen LogP contribution >= 0.6 is 23.1 Å². The molecular formula is C11H11FN4OS2. The van der Waals surface area contributed by atoms with Gasteiger partial charge in [-0.1, -0.05) is 0 Å². The Morgan fingerprint density at radius 1 is 1.53 bits per heavy atom. The summed E-state index contributed by atoms with van der Waals surface area (Å²) in [4.78, 5) is 16.1. The van der Waals surface area contributed by atoms with Crippen LogP contribution in [0.15, 0.2) is 28.5 Å². The van der Waals surface area contributed by atoms with E-state index < -0.39 is 5.91 Å². The highest BCUT2D eigenvalue weighted by molar-refractivity contribution is 7.98. The standard InChI is InChI=1S/C11H11FN4OS2/c12-6-1-2-9(8(13)3-6)18-4-7-5-19-11(15-7)10(17)16-14/h1-3,5H,4,13-14H2,(H,16,17). The molecule has 1 aromatic carbocycles. The van der Waals surface area contributed by atoms with Gasteiger partial charge in [0.1, 0.15) is 5.82 Å². The third-order valence-electron chi connectivity index (χ3n) is 2.22. The van der Waals surface area contributed by atoms with Crippen molar-refractivity contribution in [2.24, 2.45) is 5.84 Å². The molecule has 1 amide bonds. The lowest BCUT2D eigenvalue weighted by Crippen LogP contribution is -2.29. The van der Waals surface area contributed by atoms with Gasteiger partial charge in [-0.05, 0) is 18.2 Å². The Morgan fingerprint density at radius 2 is 2.32 bits per heavy atom. The van der Waals surface area contributed by atoms with E-state index in [2.05, 4.69) is 4.98 Å². The highest BCUT2D eigenvalue weighted by Crippen LogP contribution is 2.28. The average Bonchev–Trinajstić information content (AvgIpc) is 2.85. The van der Waals surface area contributed by atoms with Gasteiger partial charge in [-0.15, -0.1) is 23.1 Å². The van der Waals surface area contributed by atoms with Crippen LogP contribution in [-0.4, -0.2) is 10.9 Å². The fourth-order valence-electron chi connectivity index (χ4n) is 1.34. The van der Waals surface area contributed by atoms with Crippen LogP contribution in [0.4, 0.5) is 10.1 Å². The molecule has 8 heteroatoms. The van der Waals surface area contributed by atoms with Crippen LogP contribution < -0.4 is 17.0 Å². The van der Waals surface area contributed by atoms with Crippen molar-refractivity contribution >= 4 is 34.7 Å². The first kappa shape index (κ1) is 13.8. The SMILES string of the molecule is NNC(=O)c1nc(CSc2ccc(F)cc2N)cs1. The third-order valence-corrected chi connectivity index (χ3v) is 4.24. The molecule has 0 saturated heterocycles. The normalized spacial score (nSPS) is 10.4. The van der Waals surface area contributed by atoms with Crippen molar-refractivity contribution in [1.29, 1.82) is 0 Å². The highest BCUT2D eigenvalue weighted by Gasteiger charge is 2.10. The van der Waals surface area contributed by atoms with Crippen LogP contribution in [0.3, 0.4) is 0 Å². The topological polar surface area (TPSA) is 94.0 Å². The molecule has 100 valence electrons. The minimum atomic E-state index is -0.414. The van der Waals surface area contributed by atoms with Gasteiger partial charge in [0.2, 0.25) is 0 Å². The lowest BCUT2D eigenvalue weighted by Gasteiger charge is -2.03. The summed E-state index contributed by atoms with van der Waals surface area (Å²) in [6.07, 6.45) is 0. The molecule has 0 aliphatic carbocycles. The summed E-state index contributed by atoms with van der Waals surface area (Å²) >= 11 is 2.65. The summed E-state index contributed by atoms with van der Waals surface area (Å²) in [7, 11) is 0. The van der Waals surface area contributed by atoms with E-state index in [9.17, 15) is 9.18 Å². The molecule has 0 fully saturated rings. The molecule has 0 bridgehead atoms. The van der Waals surface area contributed by atoms with Gasteiger partial charge in [-0.25, -0.2) is 15.2 Å². The van der Waals surface area contributed by atoms with Crippen LogP contribution in [0.5, 0.6) is 0 Å². The van der Waals surface area contributed by atoms with Gasteiger partial charge in [0.15, 0.2) is 5.01 Å². The van der Waals surface area contributed by atoms with Crippen molar-refractivity contribution in [3.05, 3.63) is 40.1 Å². The molecule has 5 N–H and O–H groups in total. The number of carbonyl (C=O) groups is 1. The van der Waals surface area contributed by atoms with Crippen LogP contribution in [0, 0.1) is 5.82 Å². The molecule has 2 aromatic rings.